The van der Waals surface area contributed by atoms with Gasteiger partial charge in [0, 0.05) is 40.5 Å². The second-order valence-electron chi connectivity index (χ2n) is 4.96. The van der Waals surface area contributed by atoms with E-state index in [1.54, 1.807) is 0 Å². The van der Waals surface area contributed by atoms with E-state index in [1.165, 1.54) is 5.56 Å². The van der Waals surface area contributed by atoms with Crippen LogP contribution in [0.4, 0.5) is 0 Å². The van der Waals surface area contributed by atoms with Crippen molar-refractivity contribution in [2.45, 2.75) is 20.8 Å². The molecule has 1 heterocycles. The summed E-state index contributed by atoms with van der Waals surface area (Å²) in [5.74, 6) is 0.232. The summed E-state index contributed by atoms with van der Waals surface area (Å²) in [6.07, 6.45) is 0. The second-order valence-corrected chi connectivity index (χ2v) is 5.61. The number of halogens is 1. The molecule has 2 rings (SSSR count). The molecule has 96 valence electrons. The zero-order chi connectivity index (χ0) is 13.4. The van der Waals surface area contributed by atoms with E-state index in [9.17, 15) is 4.79 Å². The molecule has 0 fully saturated rings. The molecule has 0 bridgehead atoms. The molecule has 1 aromatic heterocycles. The van der Waals surface area contributed by atoms with Gasteiger partial charge in [0.1, 0.15) is 0 Å². The highest BCUT2D eigenvalue weighted by molar-refractivity contribution is 9.09. The van der Waals surface area contributed by atoms with Gasteiger partial charge in [-0.2, -0.15) is 0 Å². The molecule has 0 unspecified atom stereocenters. The molecule has 1 aromatic carbocycles. The molecule has 0 aliphatic rings. The van der Waals surface area contributed by atoms with E-state index < -0.39 is 0 Å². The lowest BCUT2D eigenvalue weighted by atomic mass is 9.98. The van der Waals surface area contributed by atoms with E-state index >= 15 is 0 Å². The predicted molar refractivity (Wildman–Crippen MR) is 79.7 cm³/mol. The molecule has 0 radical (unpaired) electrons. The summed E-state index contributed by atoms with van der Waals surface area (Å²) in [4.78, 5) is 12.5. The standard InChI is InChI=1S/C15H18BrNO/c1-9-5-6-13-12(7-9)14(11(3)17(13)4)15(18)10(2)8-16/h5-7,10H,8H2,1-4H3/t10-/m1/s1. The summed E-state index contributed by atoms with van der Waals surface area (Å²) in [5, 5.41) is 1.78. The fraction of sp³-hybridized carbons (Fsp3) is 0.400. The summed E-state index contributed by atoms with van der Waals surface area (Å²) >= 11 is 3.39. The van der Waals surface area contributed by atoms with Crippen LogP contribution in [0.5, 0.6) is 0 Å². The quantitative estimate of drug-likeness (QED) is 0.620. The van der Waals surface area contributed by atoms with E-state index in [0.29, 0.717) is 5.33 Å². The zero-order valence-electron chi connectivity index (χ0n) is 11.2. The molecular weight excluding hydrogens is 290 g/mol. The van der Waals surface area contributed by atoms with Crippen LogP contribution < -0.4 is 0 Å². The number of nitrogens with zero attached hydrogens (tertiary/aromatic N) is 1. The van der Waals surface area contributed by atoms with Crippen molar-refractivity contribution in [1.29, 1.82) is 0 Å². The Kier molecular flexibility index (Phi) is 3.62. The minimum Gasteiger partial charge on any atom is -0.347 e. The highest BCUT2D eigenvalue weighted by atomic mass is 79.9. The fourth-order valence-electron chi connectivity index (χ4n) is 2.31. The molecule has 1 atom stereocenters. The molecule has 2 aromatic rings. The van der Waals surface area contributed by atoms with Crippen LogP contribution in [-0.2, 0) is 7.05 Å². The third-order valence-corrected chi connectivity index (χ3v) is 4.54. The van der Waals surface area contributed by atoms with Gasteiger partial charge in [-0.15, -0.1) is 0 Å². The number of benzene rings is 1. The van der Waals surface area contributed by atoms with Crippen molar-refractivity contribution >= 4 is 32.6 Å². The average Bonchev–Trinajstić information content (AvgIpc) is 2.60. The average molecular weight is 308 g/mol. The van der Waals surface area contributed by atoms with Gasteiger partial charge in [-0.1, -0.05) is 34.5 Å². The fourth-order valence-corrected chi connectivity index (χ4v) is 2.61. The highest BCUT2D eigenvalue weighted by Gasteiger charge is 2.22. The van der Waals surface area contributed by atoms with Crippen LogP contribution in [0, 0.1) is 19.8 Å². The first-order valence-electron chi connectivity index (χ1n) is 6.13. The Morgan fingerprint density at radius 1 is 1.39 bits per heavy atom. The van der Waals surface area contributed by atoms with Crippen LogP contribution in [0.1, 0.15) is 28.5 Å². The maximum Gasteiger partial charge on any atom is 0.168 e. The number of ketones is 1. The Morgan fingerprint density at radius 3 is 2.67 bits per heavy atom. The third kappa shape index (κ3) is 2.01. The van der Waals surface area contributed by atoms with Crippen LogP contribution in [0.2, 0.25) is 0 Å². The van der Waals surface area contributed by atoms with Gasteiger partial charge < -0.3 is 4.57 Å². The lowest BCUT2D eigenvalue weighted by Crippen LogP contribution is -2.13. The van der Waals surface area contributed by atoms with Gasteiger partial charge in [-0.05, 0) is 26.0 Å². The van der Waals surface area contributed by atoms with E-state index in [-0.39, 0.29) is 11.7 Å². The molecule has 0 amide bonds. The predicted octanol–water partition coefficient (Wildman–Crippen LogP) is 4.01. The van der Waals surface area contributed by atoms with Gasteiger partial charge in [0.25, 0.3) is 0 Å². The number of carbonyl (C=O) groups is 1. The van der Waals surface area contributed by atoms with E-state index in [4.69, 9.17) is 0 Å². The zero-order valence-corrected chi connectivity index (χ0v) is 12.8. The molecule has 3 heteroatoms. The summed E-state index contributed by atoms with van der Waals surface area (Å²) in [6, 6.07) is 6.29. The van der Waals surface area contributed by atoms with E-state index in [2.05, 4.69) is 45.6 Å². The maximum absolute atomic E-state index is 12.5. The van der Waals surface area contributed by atoms with Crippen LogP contribution in [-0.4, -0.2) is 15.7 Å². The molecule has 0 aliphatic heterocycles. The number of hydrogen-bond donors (Lipinski definition) is 0. The minimum atomic E-state index is 0.00909. The number of carbonyl (C=O) groups excluding carboxylic acids is 1. The van der Waals surface area contributed by atoms with Crippen molar-refractivity contribution in [1.82, 2.24) is 4.57 Å². The molecule has 0 aliphatic carbocycles. The van der Waals surface area contributed by atoms with E-state index in [1.807, 2.05) is 20.9 Å². The van der Waals surface area contributed by atoms with Crippen molar-refractivity contribution in [2.24, 2.45) is 13.0 Å². The van der Waals surface area contributed by atoms with Crippen molar-refractivity contribution in [2.75, 3.05) is 5.33 Å². The molecule has 0 spiro atoms. The molecule has 0 saturated heterocycles. The van der Waals surface area contributed by atoms with Gasteiger partial charge in [0.15, 0.2) is 5.78 Å². The Labute approximate surface area is 116 Å². The molecule has 2 nitrogen and oxygen atoms in total. The first-order chi connectivity index (χ1) is 8.47. The highest BCUT2D eigenvalue weighted by Crippen LogP contribution is 2.28. The monoisotopic (exact) mass is 307 g/mol. The number of aryl methyl sites for hydroxylation is 2. The van der Waals surface area contributed by atoms with Crippen molar-refractivity contribution in [3.63, 3.8) is 0 Å². The van der Waals surface area contributed by atoms with Crippen molar-refractivity contribution in [3.8, 4) is 0 Å². The summed E-state index contributed by atoms with van der Waals surface area (Å²) < 4.78 is 2.10. The van der Waals surface area contributed by atoms with Gasteiger partial charge in [-0.3, -0.25) is 4.79 Å². The van der Waals surface area contributed by atoms with E-state index in [0.717, 1.165) is 22.2 Å². The molecule has 0 N–H and O–H groups in total. The normalized spacial score (nSPS) is 12.9. The number of rotatable bonds is 3. The summed E-state index contributed by atoms with van der Waals surface area (Å²) in [6.45, 7) is 6.04. The third-order valence-electron chi connectivity index (χ3n) is 3.57. The van der Waals surface area contributed by atoms with Crippen LogP contribution in [0.3, 0.4) is 0 Å². The first kappa shape index (κ1) is 13.3. The SMILES string of the molecule is Cc1ccc2c(c1)c(C(=O)[C@H](C)CBr)c(C)n2C. The largest absolute Gasteiger partial charge is 0.347 e. The van der Waals surface area contributed by atoms with Crippen LogP contribution >= 0.6 is 15.9 Å². The number of Topliss-reactive ketones (excluding diaryl/α,β-unsaturated/α-hetero) is 1. The number of hydrogen-bond acceptors (Lipinski definition) is 1. The Balaban J connectivity index is 2.73. The van der Waals surface area contributed by atoms with Crippen LogP contribution in [0.25, 0.3) is 10.9 Å². The number of fused-ring (bicyclic) bond motifs is 1. The van der Waals surface area contributed by atoms with Gasteiger partial charge in [-0.25, -0.2) is 0 Å². The lowest BCUT2D eigenvalue weighted by molar-refractivity contribution is 0.0943. The number of alkyl halides is 1. The lowest BCUT2D eigenvalue weighted by Gasteiger charge is -2.07. The smallest absolute Gasteiger partial charge is 0.168 e. The van der Waals surface area contributed by atoms with Gasteiger partial charge in [0.2, 0.25) is 0 Å². The summed E-state index contributed by atoms with van der Waals surface area (Å²) in [7, 11) is 2.02. The Bertz CT molecular complexity index is 612. The second kappa shape index (κ2) is 4.88. The van der Waals surface area contributed by atoms with Crippen molar-refractivity contribution in [3.05, 3.63) is 35.0 Å². The topological polar surface area (TPSA) is 22.0 Å². The van der Waals surface area contributed by atoms with Crippen molar-refractivity contribution < 1.29 is 4.79 Å². The maximum atomic E-state index is 12.5. The Hall–Kier alpha value is -1.09. The summed E-state index contributed by atoms with van der Waals surface area (Å²) in [5.41, 5.74) is 4.24. The van der Waals surface area contributed by atoms with Crippen LogP contribution in [0.15, 0.2) is 18.2 Å². The first-order valence-corrected chi connectivity index (χ1v) is 7.25. The van der Waals surface area contributed by atoms with Gasteiger partial charge in [0.05, 0.1) is 0 Å². The molecule has 18 heavy (non-hydrogen) atoms. The molecule has 0 saturated carbocycles. The minimum absolute atomic E-state index is 0.00909. The Morgan fingerprint density at radius 2 is 2.06 bits per heavy atom. The number of aromatic nitrogens is 1. The molecular formula is C15H18BrNO. The van der Waals surface area contributed by atoms with Gasteiger partial charge >= 0.3 is 0 Å².